The summed E-state index contributed by atoms with van der Waals surface area (Å²) >= 11 is 0. The van der Waals surface area contributed by atoms with Crippen molar-refractivity contribution >= 4 is 11.6 Å². The third kappa shape index (κ3) is 4.49. The fraction of sp³-hybridized carbons (Fsp3) is 0.0909. The largest absolute Gasteiger partial charge is 0.438 e. The van der Waals surface area contributed by atoms with Crippen molar-refractivity contribution in [1.29, 1.82) is 0 Å². The fourth-order valence-corrected chi connectivity index (χ4v) is 2.86. The van der Waals surface area contributed by atoms with E-state index in [9.17, 15) is 9.18 Å². The van der Waals surface area contributed by atoms with Crippen molar-refractivity contribution in [3.63, 3.8) is 0 Å². The van der Waals surface area contributed by atoms with Crippen molar-refractivity contribution in [1.82, 2.24) is 19.7 Å². The summed E-state index contributed by atoms with van der Waals surface area (Å²) in [6.07, 6.45) is 3.46. The molecule has 30 heavy (non-hydrogen) atoms. The highest BCUT2D eigenvalue weighted by Gasteiger charge is 2.09. The van der Waals surface area contributed by atoms with Crippen molar-refractivity contribution in [2.75, 3.05) is 5.32 Å². The van der Waals surface area contributed by atoms with Crippen LogP contribution in [-0.4, -0.2) is 25.7 Å². The molecular weight excluding hydrogens is 385 g/mol. The first-order chi connectivity index (χ1) is 14.6. The highest BCUT2D eigenvalue weighted by atomic mass is 19.1. The molecule has 2 aromatic carbocycles. The number of rotatable bonds is 6. The van der Waals surface area contributed by atoms with E-state index in [4.69, 9.17) is 4.74 Å². The van der Waals surface area contributed by atoms with E-state index in [-0.39, 0.29) is 12.3 Å². The Balaban J connectivity index is 1.36. The summed E-state index contributed by atoms with van der Waals surface area (Å²) in [5.41, 5.74) is 0.934. The van der Waals surface area contributed by atoms with Gasteiger partial charge in [-0.25, -0.2) is 9.37 Å². The van der Waals surface area contributed by atoms with Gasteiger partial charge in [0.15, 0.2) is 5.82 Å². The highest BCUT2D eigenvalue weighted by Crippen LogP contribution is 2.22. The summed E-state index contributed by atoms with van der Waals surface area (Å²) in [6, 6.07) is 16.5. The lowest BCUT2D eigenvalue weighted by Gasteiger charge is -2.08. The number of benzene rings is 2. The van der Waals surface area contributed by atoms with E-state index in [1.165, 1.54) is 6.07 Å². The van der Waals surface area contributed by atoms with E-state index in [1.54, 1.807) is 67.0 Å². The molecule has 0 unspecified atom stereocenters. The molecule has 0 aliphatic heterocycles. The summed E-state index contributed by atoms with van der Waals surface area (Å²) in [5, 5.41) is 11.0. The normalized spacial score (nSPS) is 10.6. The van der Waals surface area contributed by atoms with Crippen LogP contribution in [0.3, 0.4) is 0 Å². The summed E-state index contributed by atoms with van der Waals surface area (Å²) in [6.45, 7) is 1.88. The number of imidazole rings is 1. The minimum Gasteiger partial charge on any atom is -0.438 e. The van der Waals surface area contributed by atoms with Gasteiger partial charge in [-0.05, 0) is 48.9 Å². The Morgan fingerprint density at radius 3 is 2.53 bits per heavy atom. The number of hydrogen-bond donors (Lipinski definition) is 1. The zero-order valence-corrected chi connectivity index (χ0v) is 16.1. The minimum absolute atomic E-state index is 0.0384. The van der Waals surface area contributed by atoms with Gasteiger partial charge in [-0.2, -0.15) is 0 Å². The van der Waals surface area contributed by atoms with Crippen molar-refractivity contribution in [3.8, 4) is 17.4 Å². The Kier molecular flexibility index (Phi) is 5.47. The average Bonchev–Trinajstić information content (AvgIpc) is 3.18. The molecule has 0 saturated heterocycles. The number of aryl methyl sites for hydroxylation is 1. The zero-order chi connectivity index (χ0) is 20.9. The van der Waals surface area contributed by atoms with Crippen molar-refractivity contribution < 1.29 is 13.9 Å². The molecule has 0 spiro atoms. The number of halogens is 1. The van der Waals surface area contributed by atoms with Crippen LogP contribution in [0.15, 0.2) is 73.1 Å². The zero-order valence-electron chi connectivity index (χ0n) is 16.1. The van der Waals surface area contributed by atoms with E-state index in [1.807, 2.05) is 11.5 Å². The van der Waals surface area contributed by atoms with Gasteiger partial charge in [0.1, 0.15) is 17.4 Å². The van der Waals surface area contributed by atoms with E-state index >= 15 is 0 Å². The summed E-state index contributed by atoms with van der Waals surface area (Å²) in [7, 11) is 0. The van der Waals surface area contributed by atoms with Crippen LogP contribution < -0.4 is 10.1 Å². The van der Waals surface area contributed by atoms with Gasteiger partial charge in [-0.3, -0.25) is 9.36 Å². The molecule has 0 aliphatic carbocycles. The van der Waals surface area contributed by atoms with E-state index in [0.29, 0.717) is 28.7 Å². The fourth-order valence-electron chi connectivity index (χ4n) is 2.86. The van der Waals surface area contributed by atoms with Crippen molar-refractivity contribution in [2.24, 2.45) is 0 Å². The predicted octanol–water partition coefficient (Wildman–Crippen LogP) is 4.08. The van der Waals surface area contributed by atoms with E-state index < -0.39 is 5.82 Å². The molecule has 0 atom stereocenters. The molecule has 0 aliphatic rings. The first kappa shape index (κ1) is 19.3. The molecule has 1 amide bonds. The first-order valence-electron chi connectivity index (χ1n) is 9.24. The smallest absolute Gasteiger partial charge is 0.238 e. The maximum absolute atomic E-state index is 13.7. The Morgan fingerprint density at radius 2 is 1.87 bits per heavy atom. The maximum Gasteiger partial charge on any atom is 0.238 e. The topological polar surface area (TPSA) is 81.9 Å². The van der Waals surface area contributed by atoms with Crippen LogP contribution in [-0.2, 0) is 11.2 Å². The summed E-state index contributed by atoms with van der Waals surface area (Å²) in [4.78, 5) is 16.3. The quantitative estimate of drug-likeness (QED) is 0.525. The molecule has 0 radical (unpaired) electrons. The second kappa shape index (κ2) is 8.52. The minimum atomic E-state index is -0.397. The van der Waals surface area contributed by atoms with E-state index in [0.717, 1.165) is 5.82 Å². The van der Waals surface area contributed by atoms with Gasteiger partial charge in [0.05, 0.1) is 6.42 Å². The number of nitrogens with one attached hydrogen (secondary N) is 1. The lowest BCUT2D eigenvalue weighted by Crippen LogP contribution is -2.15. The Labute approximate surface area is 172 Å². The van der Waals surface area contributed by atoms with Gasteiger partial charge >= 0.3 is 0 Å². The van der Waals surface area contributed by atoms with Crippen molar-refractivity contribution in [2.45, 2.75) is 13.3 Å². The Morgan fingerprint density at radius 1 is 1.07 bits per heavy atom. The lowest BCUT2D eigenvalue weighted by atomic mass is 10.1. The molecule has 8 heteroatoms. The number of anilines is 1. The average molecular weight is 403 g/mol. The monoisotopic (exact) mass is 403 g/mol. The van der Waals surface area contributed by atoms with Crippen LogP contribution in [0.4, 0.5) is 10.1 Å². The van der Waals surface area contributed by atoms with Crippen LogP contribution in [0.25, 0.3) is 5.82 Å². The number of amides is 1. The number of ether oxygens (including phenoxy) is 1. The van der Waals surface area contributed by atoms with Crippen molar-refractivity contribution in [3.05, 3.63) is 90.3 Å². The third-order valence-corrected chi connectivity index (χ3v) is 4.37. The number of hydrogen-bond acceptors (Lipinski definition) is 5. The van der Waals surface area contributed by atoms with Crippen LogP contribution in [0.1, 0.15) is 11.4 Å². The Hall–Kier alpha value is -4.07. The van der Waals surface area contributed by atoms with Gasteiger partial charge in [0.2, 0.25) is 11.8 Å². The maximum atomic E-state index is 13.7. The van der Waals surface area contributed by atoms with Gasteiger partial charge in [-0.1, -0.05) is 18.2 Å². The Bertz CT molecular complexity index is 1160. The second-order valence-corrected chi connectivity index (χ2v) is 6.52. The summed E-state index contributed by atoms with van der Waals surface area (Å²) < 4.78 is 21.2. The standard InChI is InChI=1S/C22H18FN5O2/c1-15-24-12-13-28(15)20-10-11-22(27-26-20)30-18-8-6-17(7-9-18)25-21(29)14-16-4-2-3-5-19(16)23/h2-13H,14H2,1H3,(H,25,29). The second-order valence-electron chi connectivity index (χ2n) is 6.52. The molecule has 1 N–H and O–H groups in total. The van der Waals surface area contributed by atoms with Gasteiger partial charge in [0.25, 0.3) is 0 Å². The molecule has 0 bridgehead atoms. The number of aromatic nitrogens is 4. The van der Waals surface area contributed by atoms with Gasteiger partial charge < -0.3 is 10.1 Å². The molecule has 2 aromatic heterocycles. The molecule has 4 rings (SSSR count). The lowest BCUT2D eigenvalue weighted by molar-refractivity contribution is -0.115. The molecule has 0 saturated carbocycles. The molecule has 150 valence electrons. The van der Waals surface area contributed by atoms with Crippen LogP contribution in [0.5, 0.6) is 11.6 Å². The van der Waals surface area contributed by atoms with Crippen LogP contribution in [0, 0.1) is 12.7 Å². The number of carbonyl (C=O) groups excluding carboxylic acids is 1. The SMILES string of the molecule is Cc1nccn1-c1ccc(Oc2ccc(NC(=O)Cc3ccccc3F)cc2)nn1. The highest BCUT2D eigenvalue weighted by molar-refractivity contribution is 5.92. The summed E-state index contributed by atoms with van der Waals surface area (Å²) in [5.74, 6) is 1.64. The number of carbonyl (C=O) groups is 1. The predicted molar refractivity (Wildman–Crippen MR) is 109 cm³/mol. The molecule has 2 heterocycles. The number of nitrogens with zero attached hydrogens (tertiary/aromatic N) is 4. The van der Waals surface area contributed by atoms with E-state index in [2.05, 4.69) is 20.5 Å². The third-order valence-electron chi connectivity index (χ3n) is 4.37. The van der Waals surface area contributed by atoms with Crippen LogP contribution >= 0.6 is 0 Å². The van der Waals surface area contributed by atoms with Crippen LogP contribution in [0.2, 0.25) is 0 Å². The van der Waals surface area contributed by atoms with Gasteiger partial charge in [-0.15, -0.1) is 10.2 Å². The first-order valence-corrected chi connectivity index (χ1v) is 9.24. The molecule has 4 aromatic rings. The molecule has 0 fully saturated rings. The van der Waals surface area contributed by atoms with Gasteiger partial charge in [0, 0.05) is 24.1 Å². The molecule has 7 nitrogen and oxygen atoms in total. The molecular formula is C22H18FN5O2.